The van der Waals surface area contributed by atoms with E-state index in [1.165, 1.54) is 17.7 Å². The van der Waals surface area contributed by atoms with Crippen molar-refractivity contribution in [1.82, 2.24) is 0 Å². The first-order valence-corrected chi connectivity index (χ1v) is 5.76. The second-order valence-corrected chi connectivity index (χ2v) is 4.15. The normalized spacial score (nSPS) is 14.8. The van der Waals surface area contributed by atoms with Crippen LogP contribution in [-0.2, 0) is 0 Å². The molecule has 0 spiro atoms. The number of benzene rings is 1. The molecular weight excluding hydrogens is 176 g/mol. The summed E-state index contributed by atoms with van der Waals surface area (Å²) in [5.74, 6) is 7.15. The van der Waals surface area contributed by atoms with Crippen LogP contribution in [0.4, 0.5) is 0 Å². The van der Waals surface area contributed by atoms with Gasteiger partial charge in [-0.1, -0.05) is 11.8 Å². The molecule has 0 atom stereocenters. The van der Waals surface area contributed by atoms with Crippen LogP contribution in [0.25, 0.3) is 0 Å². The van der Waals surface area contributed by atoms with Gasteiger partial charge in [-0.15, -0.1) is 11.8 Å². The summed E-state index contributed by atoms with van der Waals surface area (Å²) in [4.78, 5) is 1.30. The Morgan fingerprint density at radius 1 is 1.23 bits per heavy atom. The summed E-state index contributed by atoms with van der Waals surface area (Å²) in [5, 5.41) is 0. The van der Waals surface area contributed by atoms with Crippen LogP contribution in [0.15, 0.2) is 29.2 Å². The highest BCUT2D eigenvalue weighted by molar-refractivity contribution is 7.98. The van der Waals surface area contributed by atoms with Gasteiger partial charge in [0.15, 0.2) is 0 Å². The van der Waals surface area contributed by atoms with Gasteiger partial charge in [-0.3, -0.25) is 0 Å². The standard InChI is InChI=1S/C12H12S/c1-13-12-8-6-11(7-9-12)5-4-10-2-3-10/h6-10H,2-3H2,1H3. The van der Waals surface area contributed by atoms with E-state index in [1.807, 2.05) is 0 Å². The van der Waals surface area contributed by atoms with Crippen molar-refractivity contribution in [3.8, 4) is 11.8 Å². The van der Waals surface area contributed by atoms with Crippen LogP contribution in [0, 0.1) is 17.8 Å². The van der Waals surface area contributed by atoms with E-state index in [9.17, 15) is 0 Å². The number of rotatable bonds is 1. The van der Waals surface area contributed by atoms with Gasteiger partial charge in [-0.05, 0) is 43.4 Å². The molecule has 1 aromatic carbocycles. The van der Waals surface area contributed by atoms with Crippen LogP contribution in [0.5, 0.6) is 0 Å². The monoisotopic (exact) mass is 188 g/mol. The van der Waals surface area contributed by atoms with Crippen molar-refractivity contribution >= 4 is 11.8 Å². The molecule has 1 aliphatic rings. The van der Waals surface area contributed by atoms with E-state index in [4.69, 9.17) is 0 Å². The lowest BCUT2D eigenvalue weighted by Crippen LogP contribution is -1.74. The lowest BCUT2D eigenvalue weighted by Gasteiger charge is -1.94. The minimum Gasteiger partial charge on any atom is -0.130 e. The fourth-order valence-corrected chi connectivity index (χ4v) is 1.50. The summed E-state index contributed by atoms with van der Waals surface area (Å²) in [6, 6.07) is 8.45. The first-order chi connectivity index (χ1) is 6.38. The van der Waals surface area contributed by atoms with Gasteiger partial charge in [0, 0.05) is 16.4 Å². The second-order valence-electron chi connectivity index (χ2n) is 3.27. The zero-order valence-corrected chi connectivity index (χ0v) is 8.53. The van der Waals surface area contributed by atoms with Crippen LogP contribution >= 0.6 is 11.8 Å². The zero-order chi connectivity index (χ0) is 9.10. The van der Waals surface area contributed by atoms with Crippen LogP contribution in [0.1, 0.15) is 18.4 Å². The van der Waals surface area contributed by atoms with E-state index in [2.05, 4.69) is 42.4 Å². The molecule has 0 nitrogen and oxygen atoms in total. The van der Waals surface area contributed by atoms with E-state index >= 15 is 0 Å². The molecule has 0 aliphatic heterocycles. The fourth-order valence-electron chi connectivity index (χ4n) is 1.09. The lowest BCUT2D eigenvalue weighted by atomic mass is 10.2. The lowest BCUT2D eigenvalue weighted by molar-refractivity contribution is 1.18. The summed E-state index contributed by atoms with van der Waals surface area (Å²) >= 11 is 1.77. The van der Waals surface area contributed by atoms with Gasteiger partial charge in [0.25, 0.3) is 0 Å². The molecule has 1 saturated carbocycles. The van der Waals surface area contributed by atoms with Crippen LogP contribution in [0.3, 0.4) is 0 Å². The Morgan fingerprint density at radius 2 is 1.92 bits per heavy atom. The van der Waals surface area contributed by atoms with Gasteiger partial charge in [0.1, 0.15) is 0 Å². The maximum Gasteiger partial charge on any atom is 0.0246 e. The first-order valence-electron chi connectivity index (χ1n) is 4.54. The fraction of sp³-hybridized carbons (Fsp3) is 0.333. The van der Waals surface area contributed by atoms with Gasteiger partial charge in [-0.2, -0.15) is 0 Å². The van der Waals surface area contributed by atoms with E-state index in [1.54, 1.807) is 11.8 Å². The van der Waals surface area contributed by atoms with Crippen molar-refractivity contribution in [2.75, 3.05) is 6.26 Å². The summed E-state index contributed by atoms with van der Waals surface area (Å²) in [6.07, 6.45) is 4.69. The topological polar surface area (TPSA) is 0 Å². The molecule has 0 radical (unpaired) electrons. The molecule has 0 N–H and O–H groups in total. The van der Waals surface area contributed by atoms with Gasteiger partial charge < -0.3 is 0 Å². The maximum absolute atomic E-state index is 3.25. The molecule has 1 aliphatic carbocycles. The van der Waals surface area contributed by atoms with Gasteiger partial charge >= 0.3 is 0 Å². The largest absolute Gasteiger partial charge is 0.130 e. The molecule has 0 aromatic heterocycles. The van der Waals surface area contributed by atoms with E-state index in [0.29, 0.717) is 5.92 Å². The molecule has 0 saturated heterocycles. The summed E-state index contributed by atoms with van der Waals surface area (Å²) in [7, 11) is 0. The predicted octanol–water partition coefficient (Wildman–Crippen LogP) is 3.17. The SMILES string of the molecule is CSc1ccc(C#CC2CC2)cc1. The molecular formula is C12H12S. The quantitative estimate of drug-likeness (QED) is 0.482. The van der Waals surface area contributed by atoms with Crippen LogP contribution in [-0.4, -0.2) is 6.26 Å². The highest BCUT2D eigenvalue weighted by Gasteiger charge is 2.17. The van der Waals surface area contributed by atoms with E-state index in [0.717, 1.165) is 5.56 Å². The Labute approximate surface area is 83.7 Å². The molecule has 0 amide bonds. The minimum atomic E-state index is 0.695. The Morgan fingerprint density at radius 3 is 2.46 bits per heavy atom. The maximum atomic E-state index is 3.25. The molecule has 66 valence electrons. The molecule has 0 unspecified atom stereocenters. The summed E-state index contributed by atoms with van der Waals surface area (Å²) in [5.41, 5.74) is 1.14. The van der Waals surface area contributed by atoms with Gasteiger partial charge in [0.2, 0.25) is 0 Å². The Kier molecular flexibility index (Phi) is 2.61. The highest BCUT2D eigenvalue weighted by Crippen LogP contribution is 2.27. The van der Waals surface area contributed by atoms with Crippen molar-refractivity contribution in [2.24, 2.45) is 5.92 Å². The molecule has 1 fully saturated rings. The number of thioether (sulfide) groups is 1. The van der Waals surface area contributed by atoms with Gasteiger partial charge in [-0.25, -0.2) is 0 Å². The average Bonchev–Trinajstić information content (AvgIpc) is 2.99. The number of hydrogen-bond acceptors (Lipinski definition) is 1. The number of hydrogen-bond donors (Lipinski definition) is 0. The Balaban J connectivity index is 2.09. The van der Waals surface area contributed by atoms with Crippen LogP contribution < -0.4 is 0 Å². The van der Waals surface area contributed by atoms with Crippen molar-refractivity contribution in [1.29, 1.82) is 0 Å². The predicted molar refractivity (Wildman–Crippen MR) is 57.8 cm³/mol. The van der Waals surface area contributed by atoms with Crippen molar-refractivity contribution in [3.63, 3.8) is 0 Å². The van der Waals surface area contributed by atoms with Crippen LogP contribution in [0.2, 0.25) is 0 Å². The smallest absolute Gasteiger partial charge is 0.0246 e. The third-order valence-electron chi connectivity index (χ3n) is 2.09. The minimum absolute atomic E-state index is 0.695. The third kappa shape index (κ3) is 2.54. The molecule has 0 heterocycles. The van der Waals surface area contributed by atoms with E-state index < -0.39 is 0 Å². The molecule has 2 rings (SSSR count). The van der Waals surface area contributed by atoms with Crippen molar-refractivity contribution < 1.29 is 0 Å². The molecule has 13 heavy (non-hydrogen) atoms. The molecule has 1 heteroatoms. The highest BCUT2D eigenvalue weighted by atomic mass is 32.2. The average molecular weight is 188 g/mol. The zero-order valence-electron chi connectivity index (χ0n) is 7.71. The van der Waals surface area contributed by atoms with Crippen molar-refractivity contribution in [2.45, 2.75) is 17.7 Å². The summed E-state index contributed by atoms with van der Waals surface area (Å²) in [6.45, 7) is 0. The molecule has 1 aromatic rings. The van der Waals surface area contributed by atoms with E-state index in [-0.39, 0.29) is 0 Å². The van der Waals surface area contributed by atoms with Gasteiger partial charge in [0.05, 0.1) is 0 Å². The van der Waals surface area contributed by atoms with Crippen molar-refractivity contribution in [3.05, 3.63) is 29.8 Å². The Bertz CT molecular complexity index is 336. The third-order valence-corrected chi connectivity index (χ3v) is 2.83. The summed E-state index contributed by atoms with van der Waals surface area (Å²) < 4.78 is 0. The molecule has 0 bridgehead atoms. The second kappa shape index (κ2) is 3.89. The Hall–Kier alpha value is -0.870. The first kappa shape index (κ1) is 8.72.